The van der Waals surface area contributed by atoms with Crippen LogP contribution in [0.15, 0.2) is 30.3 Å². The van der Waals surface area contributed by atoms with E-state index in [1.807, 2.05) is 30.3 Å². The van der Waals surface area contributed by atoms with Gasteiger partial charge in [0.2, 0.25) is 10.0 Å². The van der Waals surface area contributed by atoms with Crippen molar-refractivity contribution in [2.75, 3.05) is 25.4 Å². The Bertz CT molecular complexity index is 1020. The zero-order valence-corrected chi connectivity index (χ0v) is 23.0. The van der Waals surface area contributed by atoms with Crippen LogP contribution in [0.3, 0.4) is 0 Å². The molecule has 0 unspecified atom stereocenters. The Morgan fingerprint density at radius 3 is 2.61 bits per heavy atom. The lowest BCUT2D eigenvalue weighted by Crippen LogP contribution is -2.33. The van der Waals surface area contributed by atoms with Crippen LogP contribution in [0.1, 0.15) is 75.6 Å². The molecule has 1 atom stereocenters. The third-order valence-corrected chi connectivity index (χ3v) is 9.15. The zero-order valence-electron chi connectivity index (χ0n) is 21.4. The van der Waals surface area contributed by atoms with E-state index in [9.17, 15) is 13.2 Å². The van der Waals surface area contributed by atoms with E-state index in [2.05, 4.69) is 44.0 Å². The number of amides is 1. The van der Waals surface area contributed by atoms with E-state index in [1.54, 1.807) is 0 Å². The maximum absolute atomic E-state index is 12.9. The van der Waals surface area contributed by atoms with E-state index in [-0.39, 0.29) is 17.5 Å². The molecule has 3 N–H and O–H groups in total. The summed E-state index contributed by atoms with van der Waals surface area (Å²) in [6, 6.07) is 9.43. The first-order chi connectivity index (χ1) is 17.4. The molecule has 1 saturated carbocycles. The molecule has 200 valence electrons. The van der Waals surface area contributed by atoms with Crippen LogP contribution in [0.25, 0.3) is 0 Å². The Morgan fingerprint density at radius 2 is 1.92 bits per heavy atom. The Hall–Kier alpha value is -1.95. The predicted molar refractivity (Wildman–Crippen MR) is 145 cm³/mol. The average Bonchev–Trinajstić information content (AvgIpc) is 3.56. The zero-order chi connectivity index (χ0) is 25.8. The highest BCUT2D eigenvalue weighted by Crippen LogP contribution is 2.29. The first kappa shape index (κ1) is 28.6. The highest BCUT2D eigenvalue weighted by Gasteiger charge is 2.23. The van der Waals surface area contributed by atoms with Crippen molar-refractivity contribution in [3.05, 3.63) is 47.5 Å². The summed E-state index contributed by atoms with van der Waals surface area (Å²) in [5, 5.41) is 10.3. The van der Waals surface area contributed by atoms with Gasteiger partial charge in [-0.15, -0.1) is 0 Å². The van der Waals surface area contributed by atoms with Crippen LogP contribution in [0.2, 0.25) is 0 Å². The van der Waals surface area contributed by atoms with Gasteiger partial charge < -0.3 is 10.2 Å². The quantitative estimate of drug-likeness (QED) is 0.314. The summed E-state index contributed by atoms with van der Waals surface area (Å²) in [6.07, 6.45) is 6.34. The fraction of sp³-hybridized carbons (Fsp3) is 0.640. The molecule has 0 radical (unpaired) electrons. The number of aromatic amines is 1. The van der Waals surface area contributed by atoms with Crippen LogP contribution in [-0.4, -0.2) is 64.4 Å². The standard InChI is InChI=1S/C25H40N6O3S2/c1-3-31(4-2)17-10-18-36(33,34)30-22(16-15-20-11-6-5-7-12-20)24-27-23(28-29-24)19-26-25(32)35-21-13-8-9-14-21/h5-7,11-12,21-22,30H,3-4,8-10,13-19H2,1-2H3,(H,26,32)(H,27,28,29)/t22-/m1/s1. The van der Waals surface area contributed by atoms with Crippen molar-refractivity contribution in [2.24, 2.45) is 0 Å². The molecule has 2 aromatic rings. The molecular weight excluding hydrogens is 496 g/mol. The molecule has 1 fully saturated rings. The van der Waals surface area contributed by atoms with Crippen molar-refractivity contribution < 1.29 is 13.2 Å². The molecule has 36 heavy (non-hydrogen) atoms. The van der Waals surface area contributed by atoms with Crippen molar-refractivity contribution in [1.29, 1.82) is 0 Å². The summed E-state index contributed by atoms with van der Waals surface area (Å²) in [5.41, 5.74) is 1.12. The third-order valence-electron chi connectivity index (χ3n) is 6.51. The number of hydrogen-bond acceptors (Lipinski definition) is 7. The summed E-state index contributed by atoms with van der Waals surface area (Å²) >= 11 is 1.35. The molecule has 1 heterocycles. The highest BCUT2D eigenvalue weighted by molar-refractivity contribution is 8.14. The van der Waals surface area contributed by atoms with Gasteiger partial charge in [-0.05, 0) is 57.3 Å². The van der Waals surface area contributed by atoms with Gasteiger partial charge in [-0.1, -0.05) is 68.8 Å². The number of aromatic nitrogens is 3. The lowest BCUT2D eigenvalue weighted by atomic mass is 10.1. The van der Waals surface area contributed by atoms with Crippen molar-refractivity contribution in [1.82, 2.24) is 30.1 Å². The van der Waals surface area contributed by atoms with Crippen LogP contribution in [-0.2, 0) is 23.0 Å². The number of sulfonamides is 1. The van der Waals surface area contributed by atoms with Crippen molar-refractivity contribution >= 4 is 27.0 Å². The highest BCUT2D eigenvalue weighted by atomic mass is 32.2. The number of aryl methyl sites for hydroxylation is 1. The fourth-order valence-electron chi connectivity index (χ4n) is 4.40. The first-order valence-corrected chi connectivity index (χ1v) is 15.5. The van der Waals surface area contributed by atoms with Gasteiger partial charge in [0, 0.05) is 5.25 Å². The molecule has 0 aliphatic heterocycles. The molecule has 1 aromatic heterocycles. The minimum absolute atomic E-state index is 0.0563. The topological polar surface area (TPSA) is 120 Å². The van der Waals surface area contributed by atoms with Gasteiger partial charge in [0.25, 0.3) is 5.24 Å². The summed E-state index contributed by atoms with van der Waals surface area (Å²) in [4.78, 5) is 19.0. The Morgan fingerprint density at radius 1 is 1.19 bits per heavy atom. The summed E-state index contributed by atoms with van der Waals surface area (Å²) in [5.74, 6) is 0.961. The Kier molecular flexibility index (Phi) is 11.7. The smallest absolute Gasteiger partial charge is 0.279 e. The molecule has 1 aliphatic carbocycles. The van der Waals surface area contributed by atoms with Crippen LogP contribution in [0.5, 0.6) is 0 Å². The monoisotopic (exact) mass is 536 g/mol. The second kappa shape index (κ2) is 14.7. The van der Waals surface area contributed by atoms with E-state index in [0.29, 0.717) is 36.2 Å². The van der Waals surface area contributed by atoms with E-state index in [0.717, 1.165) is 38.0 Å². The molecule has 11 heteroatoms. The number of nitrogens with one attached hydrogen (secondary N) is 3. The molecule has 1 amide bonds. The van der Waals surface area contributed by atoms with Gasteiger partial charge in [-0.2, -0.15) is 5.10 Å². The Labute approximate surface area is 219 Å². The lowest BCUT2D eigenvalue weighted by molar-refractivity contribution is 0.260. The number of hydrogen-bond donors (Lipinski definition) is 3. The average molecular weight is 537 g/mol. The number of carbonyl (C=O) groups excluding carboxylic acids is 1. The third kappa shape index (κ3) is 9.84. The van der Waals surface area contributed by atoms with Gasteiger partial charge in [0.05, 0.1) is 18.3 Å². The first-order valence-electron chi connectivity index (χ1n) is 13.0. The SMILES string of the molecule is CCN(CC)CCCS(=O)(=O)N[C@H](CCc1ccccc1)c1nc(CNC(=O)SC2CCCC2)n[nH]1. The van der Waals surface area contributed by atoms with Gasteiger partial charge in [0.1, 0.15) is 5.82 Å². The van der Waals surface area contributed by atoms with Gasteiger partial charge >= 0.3 is 0 Å². The van der Waals surface area contributed by atoms with E-state index in [1.165, 1.54) is 24.6 Å². The number of H-pyrrole nitrogens is 1. The number of thioether (sulfide) groups is 1. The maximum Gasteiger partial charge on any atom is 0.279 e. The molecule has 3 rings (SSSR count). The molecule has 0 bridgehead atoms. The van der Waals surface area contributed by atoms with E-state index < -0.39 is 16.1 Å². The van der Waals surface area contributed by atoms with Crippen molar-refractivity contribution in [2.45, 2.75) is 76.6 Å². The lowest BCUT2D eigenvalue weighted by Gasteiger charge is -2.19. The minimum atomic E-state index is -3.51. The molecule has 9 nitrogen and oxygen atoms in total. The van der Waals surface area contributed by atoms with Gasteiger partial charge in [-0.3, -0.25) is 9.89 Å². The minimum Gasteiger partial charge on any atom is -0.340 e. The number of nitrogens with zero attached hydrogens (tertiary/aromatic N) is 3. The van der Waals surface area contributed by atoms with Crippen LogP contribution in [0.4, 0.5) is 4.79 Å². The van der Waals surface area contributed by atoms with Crippen molar-refractivity contribution in [3.63, 3.8) is 0 Å². The molecule has 0 saturated heterocycles. The maximum atomic E-state index is 12.9. The second-order valence-corrected chi connectivity index (χ2v) is 12.3. The molecule has 1 aromatic carbocycles. The van der Waals surface area contributed by atoms with Crippen LogP contribution < -0.4 is 10.0 Å². The predicted octanol–water partition coefficient (Wildman–Crippen LogP) is 4.02. The molecule has 0 spiro atoms. The normalized spacial score (nSPS) is 15.4. The second-order valence-electron chi connectivity index (χ2n) is 9.20. The summed E-state index contributed by atoms with van der Waals surface area (Å²) in [6.45, 7) is 6.91. The molecular formula is C25H40N6O3S2. The van der Waals surface area contributed by atoms with Crippen LogP contribution in [0, 0.1) is 0 Å². The van der Waals surface area contributed by atoms with Gasteiger partial charge in [0.15, 0.2) is 5.82 Å². The number of carbonyl (C=O) groups is 1. The number of rotatable bonds is 15. The van der Waals surface area contributed by atoms with E-state index >= 15 is 0 Å². The summed E-state index contributed by atoms with van der Waals surface area (Å²) < 4.78 is 28.7. The van der Waals surface area contributed by atoms with Crippen LogP contribution >= 0.6 is 11.8 Å². The largest absolute Gasteiger partial charge is 0.340 e. The fourth-order valence-corrected chi connectivity index (χ4v) is 6.71. The molecule has 1 aliphatic rings. The Balaban J connectivity index is 1.60. The summed E-state index contributed by atoms with van der Waals surface area (Å²) in [7, 11) is -3.51. The van der Waals surface area contributed by atoms with Crippen molar-refractivity contribution in [3.8, 4) is 0 Å². The van der Waals surface area contributed by atoms with Gasteiger partial charge in [-0.25, -0.2) is 18.1 Å². The van der Waals surface area contributed by atoms with E-state index in [4.69, 9.17) is 0 Å². The number of benzene rings is 1.